The summed E-state index contributed by atoms with van der Waals surface area (Å²) < 4.78 is 4.76. The van der Waals surface area contributed by atoms with Gasteiger partial charge in [-0.3, -0.25) is 9.59 Å². The quantitative estimate of drug-likeness (QED) is 0.876. The number of carbonyl (C=O) groups excluding carboxylic acids is 2. The Hall–Kier alpha value is -1.30. The number of para-hydroxylation sites is 1. The van der Waals surface area contributed by atoms with Crippen LogP contribution in [0.25, 0.3) is 0 Å². The number of hydrogen-bond acceptors (Lipinski definition) is 3. The van der Waals surface area contributed by atoms with Crippen molar-refractivity contribution in [1.29, 1.82) is 0 Å². The smallest absolute Gasteiger partial charge is 0.249 e. The van der Waals surface area contributed by atoms with E-state index in [4.69, 9.17) is 27.9 Å². The topological polar surface area (TPSA) is 58.6 Å². The predicted octanol–water partition coefficient (Wildman–Crippen LogP) is 2.43. The summed E-state index contributed by atoms with van der Waals surface area (Å²) in [5, 5.41) is 3.29. The SMILES string of the molecule is CCN(CC(=O)Nc1c(Cl)cccc1Cl)C(=O)COC. The molecule has 20 heavy (non-hydrogen) atoms. The third kappa shape index (κ3) is 4.67. The predicted molar refractivity (Wildman–Crippen MR) is 79.2 cm³/mol. The minimum Gasteiger partial charge on any atom is -0.375 e. The molecule has 0 aliphatic heterocycles. The summed E-state index contributed by atoms with van der Waals surface area (Å²) in [7, 11) is 1.43. The maximum absolute atomic E-state index is 11.9. The van der Waals surface area contributed by atoms with E-state index in [0.717, 1.165) is 0 Å². The van der Waals surface area contributed by atoms with Gasteiger partial charge in [0, 0.05) is 13.7 Å². The van der Waals surface area contributed by atoms with E-state index in [1.807, 2.05) is 0 Å². The number of methoxy groups -OCH3 is 1. The third-order valence-corrected chi connectivity index (χ3v) is 3.19. The number of likely N-dealkylation sites (N-methyl/N-ethyl adjacent to an activating group) is 1. The first-order chi connectivity index (χ1) is 9.49. The van der Waals surface area contributed by atoms with Crippen LogP contribution in [0.2, 0.25) is 10.0 Å². The molecule has 0 radical (unpaired) electrons. The van der Waals surface area contributed by atoms with Gasteiger partial charge in [-0.15, -0.1) is 0 Å². The second-order valence-corrected chi connectivity index (χ2v) is 4.80. The molecule has 0 bridgehead atoms. The molecule has 1 N–H and O–H groups in total. The van der Waals surface area contributed by atoms with Crippen LogP contribution in [0.3, 0.4) is 0 Å². The van der Waals surface area contributed by atoms with E-state index in [9.17, 15) is 9.59 Å². The molecule has 5 nitrogen and oxygen atoms in total. The highest BCUT2D eigenvalue weighted by Gasteiger charge is 2.16. The van der Waals surface area contributed by atoms with Crippen molar-refractivity contribution in [2.24, 2.45) is 0 Å². The van der Waals surface area contributed by atoms with Gasteiger partial charge >= 0.3 is 0 Å². The van der Waals surface area contributed by atoms with Gasteiger partial charge in [-0.05, 0) is 19.1 Å². The van der Waals surface area contributed by atoms with Crippen LogP contribution in [-0.4, -0.2) is 43.5 Å². The number of carbonyl (C=O) groups is 2. The summed E-state index contributed by atoms with van der Waals surface area (Å²) >= 11 is 11.9. The van der Waals surface area contributed by atoms with Gasteiger partial charge in [0.25, 0.3) is 0 Å². The average Bonchev–Trinajstić information content (AvgIpc) is 2.40. The van der Waals surface area contributed by atoms with E-state index >= 15 is 0 Å². The molecule has 0 aliphatic rings. The minimum absolute atomic E-state index is 0.0615. The summed E-state index contributed by atoms with van der Waals surface area (Å²) in [6.07, 6.45) is 0. The molecule has 1 aromatic rings. The second kappa shape index (κ2) is 8.09. The summed E-state index contributed by atoms with van der Waals surface area (Å²) in [4.78, 5) is 25.0. The molecule has 1 rings (SSSR count). The largest absolute Gasteiger partial charge is 0.375 e. The summed E-state index contributed by atoms with van der Waals surface area (Å²) in [6, 6.07) is 4.92. The molecule has 0 heterocycles. The minimum atomic E-state index is -0.369. The lowest BCUT2D eigenvalue weighted by molar-refractivity contribution is -0.137. The number of ether oxygens (including phenoxy) is 1. The Morgan fingerprint density at radius 2 is 1.90 bits per heavy atom. The summed E-state index contributed by atoms with van der Waals surface area (Å²) in [5.41, 5.74) is 0.344. The highest BCUT2D eigenvalue weighted by molar-refractivity contribution is 6.39. The Labute approximate surface area is 127 Å². The number of hydrogen-bond donors (Lipinski definition) is 1. The summed E-state index contributed by atoms with van der Waals surface area (Å²) in [5.74, 6) is -0.623. The molecular weight excluding hydrogens is 303 g/mol. The molecule has 0 spiro atoms. The third-order valence-electron chi connectivity index (χ3n) is 2.56. The van der Waals surface area contributed by atoms with E-state index < -0.39 is 0 Å². The molecule has 1 aromatic carbocycles. The van der Waals surface area contributed by atoms with Crippen molar-refractivity contribution in [3.63, 3.8) is 0 Å². The van der Waals surface area contributed by atoms with E-state index in [2.05, 4.69) is 5.32 Å². The number of halogens is 2. The highest BCUT2D eigenvalue weighted by Crippen LogP contribution is 2.29. The molecule has 0 saturated carbocycles. The Kier molecular flexibility index (Phi) is 6.78. The first-order valence-corrected chi connectivity index (χ1v) is 6.75. The molecule has 0 aromatic heterocycles. The number of benzene rings is 1. The van der Waals surface area contributed by atoms with E-state index in [-0.39, 0.29) is 25.0 Å². The van der Waals surface area contributed by atoms with Crippen LogP contribution < -0.4 is 5.32 Å². The average molecular weight is 319 g/mol. The van der Waals surface area contributed by atoms with Gasteiger partial charge in [-0.2, -0.15) is 0 Å². The maximum atomic E-state index is 11.9. The molecule has 0 unspecified atom stereocenters. The van der Waals surface area contributed by atoms with Gasteiger partial charge in [0.15, 0.2) is 0 Å². The monoisotopic (exact) mass is 318 g/mol. The molecule has 0 aliphatic carbocycles. The molecule has 2 amide bonds. The Morgan fingerprint density at radius 3 is 2.40 bits per heavy atom. The van der Waals surface area contributed by atoms with Crippen LogP contribution in [0.5, 0.6) is 0 Å². The number of anilines is 1. The van der Waals surface area contributed by atoms with Gasteiger partial charge in [-0.25, -0.2) is 0 Å². The zero-order chi connectivity index (χ0) is 15.1. The second-order valence-electron chi connectivity index (χ2n) is 3.99. The number of nitrogens with one attached hydrogen (secondary N) is 1. The molecule has 0 fully saturated rings. The first kappa shape index (κ1) is 16.8. The van der Waals surface area contributed by atoms with Crippen molar-refractivity contribution in [2.45, 2.75) is 6.92 Å². The van der Waals surface area contributed by atoms with Crippen molar-refractivity contribution in [3.8, 4) is 0 Å². The van der Waals surface area contributed by atoms with Gasteiger partial charge in [0.2, 0.25) is 11.8 Å². The van der Waals surface area contributed by atoms with Crippen LogP contribution in [-0.2, 0) is 14.3 Å². The first-order valence-electron chi connectivity index (χ1n) is 6.00. The van der Waals surface area contributed by atoms with Crippen molar-refractivity contribution < 1.29 is 14.3 Å². The number of nitrogens with zero attached hydrogens (tertiary/aromatic N) is 1. The Morgan fingerprint density at radius 1 is 1.30 bits per heavy atom. The van der Waals surface area contributed by atoms with Gasteiger partial charge < -0.3 is 15.0 Å². The standard InChI is InChI=1S/C13H16Cl2N2O3/c1-3-17(12(19)8-20-2)7-11(18)16-13-9(14)5-4-6-10(13)15/h4-6H,3,7-8H2,1-2H3,(H,16,18). The maximum Gasteiger partial charge on any atom is 0.249 e. The Bertz CT molecular complexity index is 474. The van der Waals surface area contributed by atoms with E-state index in [1.165, 1.54) is 12.0 Å². The highest BCUT2D eigenvalue weighted by atomic mass is 35.5. The zero-order valence-corrected chi connectivity index (χ0v) is 12.8. The van der Waals surface area contributed by atoms with Crippen LogP contribution in [0.4, 0.5) is 5.69 Å². The van der Waals surface area contributed by atoms with Crippen molar-refractivity contribution in [3.05, 3.63) is 28.2 Å². The lowest BCUT2D eigenvalue weighted by Gasteiger charge is -2.20. The van der Waals surface area contributed by atoms with Crippen LogP contribution in [0.1, 0.15) is 6.92 Å². The number of amides is 2. The molecule has 0 atom stereocenters. The zero-order valence-electron chi connectivity index (χ0n) is 11.3. The Balaban J connectivity index is 2.69. The molecule has 7 heteroatoms. The molecular formula is C13H16Cl2N2O3. The van der Waals surface area contributed by atoms with Crippen LogP contribution in [0, 0.1) is 0 Å². The fraction of sp³-hybridized carbons (Fsp3) is 0.385. The van der Waals surface area contributed by atoms with Crippen molar-refractivity contribution in [1.82, 2.24) is 4.90 Å². The van der Waals surface area contributed by atoms with Crippen molar-refractivity contribution in [2.75, 3.05) is 32.1 Å². The van der Waals surface area contributed by atoms with Crippen LogP contribution >= 0.6 is 23.2 Å². The van der Waals surface area contributed by atoms with Crippen LogP contribution in [0.15, 0.2) is 18.2 Å². The lowest BCUT2D eigenvalue weighted by Crippen LogP contribution is -2.39. The molecule has 0 saturated heterocycles. The van der Waals surface area contributed by atoms with Crippen molar-refractivity contribution >= 4 is 40.7 Å². The van der Waals surface area contributed by atoms with Gasteiger partial charge in [0.05, 0.1) is 22.3 Å². The van der Waals surface area contributed by atoms with E-state index in [0.29, 0.717) is 22.3 Å². The fourth-order valence-electron chi connectivity index (χ4n) is 1.56. The fourth-order valence-corrected chi connectivity index (χ4v) is 2.05. The lowest BCUT2D eigenvalue weighted by atomic mass is 10.3. The number of rotatable bonds is 6. The van der Waals surface area contributed by atoms with Gasteiger partial charge in [-0.1, -0.05) is 29.3 Å². The molecule has 110 valence electrons. The summed E-state index contributed by atoms with van der Waals surface area (Å²) in [6.45, 7) is 2.05. The van der Waals surface area contributed by atoms with E-state index in [1.54, 1.807) is 25.1 Å². The van der Waals surface area contributed by atoms with Gasteiger partial charge in [0.1, 0.15) is 6.61 Å². The normalized spacial score (nSPS) is 10.2.